The molecule has 0 aliphatic heterocycles. The van der Waals surface area contributed by atoms with Crippen LogP contribution in [0, 0.1) is 0 Å². The summed E-state index contributed by atoms with van der Waals surface area (Å²) in [5.74, 6) is -29.0. The van der Waals surface area contributed by atoms with E-state index in [1.165, 1.54) is 60.2 Å². The summed E-state index contributed by atoms with van der Waals surface area (Å²) >= 11 is 1.77. The summed E-state index contributed by atoms with van der Waals surface area (Å²) in [5, 5.41) is 5.05. The first kappa shape index (κ1) is 69.4. The van der Waals surface area contributed by atoms with Crippen LogP contribution in [0.15, 0.2) is 212 Å². The lowest BCUT2D eigenvalue weighted by Crippen LogP contribution is -2.64. The molecular formula is C70H70F8N2O8S. The number of carbonyl (C=O) groups excluding carboxylic acids is 4. The Kier molecular flexibility index (Phi) is 25.8. The number of alkyl halides is 8. The fourth-order valence-electron chi connectivity index (χ4n) is 9.33. The maximum Gasteiger partial charge on any atom is 0.381 e. The van der Waals surface area contributed by atoms with Crippen LogP contribution in [-0.2, 0) is 57.5 Å². The molecular weight excluding hydrogens is 1180 g/mol. The van der Waals surface area contributed by atoms with Gasteiger partial charge in [0.2, 0.25) is 0 Å². The number of fused-ring (bicyclic) bond motifs is 2. The lowest BCUT2D eigenvalue weighted by molar-refractivity contribution is -0.374. The third kappa shape index (κ3) is 19.4. The standard InChI is InChI=1S/C58H60N2O4S.C12H10F8O4/c1-4-57(61)63-40-16-8-6-10-18-44-24-28-48(29-25-44)59(3)49-32-36-52(37-33-49)65-53-38-34-51(35-39-53)60(43-56-54-22-14-12-20-46(54)42-47-21-13-15-23-55(47)56)50-30-26-45(27-31-50)19-11-7-9-17-41-64-58(62)5-2;1-3-7(21)23-5-9(13,14)11(17,18)12(19,20)10(15,16)6-24-8(22)4-2/h4-5,12-15,20-39,42H,1-2,6-11,16-19,40-41,43H2,3H3;3-4H,1-2,5-6H2. The summed E-state index contributed by atoms with van der Waals surface area (Å²) in [6.07, 6.45) is 13.3. The van der Waals surface area contributed by atoms with Crippen LogP contribution in [0.5, 0.6) is 0 Å². The maximum atomic E-state index is 13.3. The van der Waals surface area contributed by atoms with E-state index >= 15 is 0 Å². The molecule has 0 N–H and O–H groups in total. The van der Waals surface area contributed by atoms with Gasteiger partial charge in [-0.15, -0.1) is 0 Å². The van der Waals surface area contributed by atoms with E-state index in [-0.39, 0.29) is 24.1 Å². The Morgan fingerprint density at radius 3 is 1.17 bits per heavy atom. The average molecular weight is 1250 g/mol. The highest BCUT2D eigenvalue weighted by atomic mass is 32.2. The van der Waals surface area contributed by atoms with Crippen LogP contribution in [0.1, 0.15) is 68.1 Å². The largest absolute Gasteiger partial charge is 0.463 e. The number of nitrogens with zero attached hydrogens (tertiary/aromatic N) is 2. The van der Waals surface area contributed by atoms with E-state index in [1.807, 2.05) is 0 Å². The van der Waals surface area contributed by atoms with Crippen LogP contribution in [0.4, 0.5) is 57.9 Å². The van der Waals surface area contributed by atoms with Crippen LogP contribution in [0.25, 0.3) is 21.5 Å². The van der Waals surface area contributed by atoms with Crippen molar-refractivity contribution in [1.29, 1.82) is 0 Å². The minimum Gasteiger partial charge on any atom is -0.463 e. The summed E-state index contributed by atoms with van der Waals surface area (Å²) in [4.78, 5) is 50.6. The van der Waals surface area contributed by atoms with Crippen LogP contribution < -0.4 is 9.80 Å². The van der Waals surface area contributed by atoms with Crippen LogP contribution >= 0.6 is 11.8 Å². The third-order valence-electron chi connectivity index (χ3n) is 14.4. The highest BCUT2D eigenvalue weighted by molar-refractivity contribution is 7.99. The number of hydrogen-bond acceptors (Lipinski definition) is 11. The first-order valence-electron chi connectivity index (χ1n) is 28.7. The van der Waals surface area contributed by atoms with Crippen molar-refractivity contribution in [1.82, 2.24) is 0 Å². The molecule has 19 heteroatoms. The van der Waals surface area contributed by atoms with Crippen LogP contribution in [0.2, 0.25) is 0 Å². The summed E-state index contributed by atoms with van der Waals surface area (Å²) in [6.45, 7) is 8.77. The van der Waals surface area contributed by atoms with Gasteiger partial charge in [0.15, 0.2) is 13.2 Å². The number of halogens is 8. The van der Waals surface area contributed by atoms with E-state index in [1.54, 1.807) is 11.8 Å². The summed E-state index contributed by atoms with van der Waals surface area (Å²) in [5.41, 5.74) is 8.57. The number of anilines is 4. The van der Waals surface area contributed by atoms with Crippen molar-refractivity contribution in [2.75, 3.05) is 43.3 Å². The molecule has 0 aliphatic rings. The van der Waals surface area contributed by atoms with Crippen molar-refractivity contribution >= 4 is 79.9 Å². The van der Waals surface area contributed by atoms with Gasteiger partial charge >= 0.3 is 47.6 Å². The Morgan fingerprint density at radius 2 is 0.775 bits per heavy atom. The fraction of sp³-hybridized carbons (Fsp3) is 0.286. The van der Waals surface area contributed by atoms with Gasteiger partial charge in [0, 0.05) is 70.4 Å². The number of carbonyl (C=O) groups is 4. The highest BCUT2D eigenvalue weighted by Crippen LogP contribution is 2.53. The zero-order valence-corrected chi connectivity index (χ0v) is 50.1. The molecule has 0 amide bonds. The second kappa shape index (κ2) is 33.0. The third-order valence-corrected chi connectivity index (χ3v) is 15.4. The van der Waals surface area contributed by atoms with E-state index in [2.05, 4.69) is 204 Å². The number of rotatable bonds is 33. The van der Waals surface area contributed by atoms with Crippen LogP contribution in [0.3, 0.4) is 0 Å². The number of ether oxygens (including phenoxy) is 4. The van der Waals surface area contributed by atoms with Crippen LogP contribution in [-0.4, -0.2) is 81.0 Å². The summed E-state index contributed by atoms with van der Waals surface area (Å²) in [7, 11) is 2.12. The van der Waals surface area contributed by atoms with Crippen molar-refractivity contribution in [3.8, 4) is 0 Å². The molecule has 470 valence electrons. The van der Waals surface area contributed by atoms with E-state index in [0.29, 0.717) is 13.2 Å². The molecule has 0 bridgehead atoms. The molecule has 0 heterocycles. The summed E-state index contributed by atoms with van der Waals surface area (Å²) < 4.78 is 123. The second-order valence-corrected chi connectivity index (χ2v) is 21.8. The van der Waals surface area contributed by atoms with Gasteiger partial charge in [0.05, 0.1) is 13.2 Å². The van der Waals surface area contributed by atoms with Crippen molar-refractivity contribution in [3.63, 3.8) is 0 Å². The van der Waals surface area contributed by atoms with Gasteiger partial charge < -0.3 is 28.7 Å². The van der Waals surface area contributed by atoms with Gasteiger partial charge in [-0.05, 0) is 156 Å². The molecule has 0 aromatic heterocycles. The summed E-state index contributed by atoms with van der Waals surface area (Å²) in [6, 6.07) is 55.5. The number of benzene rings is 7. The number of esters is 4. The molecule has 0 spiro atoms. The van der Waals surface area contributed by atoms with Crippen molar-refractivity contribution in [3.05, 3.63) is 219 Å². The number of hydrogen-bond donors (Lipinski definition) is 0. The molecule has 0 unspecified atom stereocenters. The first-order chi connectivity index (χ1) is 42.5. The Balaban J connectivity index is 0.000000445. The van der Waals surface area contributed by atoms with Crippen molar-refractivity contribution < 1.29 is 73.2 Å². The average Bonchev–Trinajstić information content (AvgIpc) is 0.798. The van der Waals surface area contributed by atoms with E-state index in [4.69, 9.17) is 9.47 Å². The molecule has 0 fully saturated rings. The number of unbranched alkanes of at least 4 members (excludes halogenated alkanes) is 6. The first-order valence-corrected chi connectivity index (χ1v) is 29.5. The highest BCUT2D eigenvalue weighted by Gasteiger charge is 2.81. The predicted molar refractivity (Wildman–Crippen MR) is 334 cm³/mol. The topological polar surface area (TPSA) is 112 Å². The lowest BCUT2D eigenvalue weighted by Gasteiger charge is -2.36. The van der Waals surface area contributed by atoms with Gasteiger partial charge in [0.25, 0.3) is 0 Å². The molecule has 0 aliphatic carbocycles. The molecule has 0 saturated heterocycles. The maximum absolute atomic E-state index is 13.3. The lowest BCUT2D eigenvalue weighted by atomic mass is 9.96. The molecule has 89 heavy (non-hydrogen) atoms. The monoisotopic (exact) mass is 1250 g/mol. The van der Waals surface area contributed by atoms with E-state index in [0.717, 1.165) is 93.5 Å². The molecule has 7 aromatic rings. The van der Waals surface area contributed by atoms with Gasteiger partial charge in [-0.3, -0.25) is 0 Å². The Hall–Kier alpha value is -8.71. The van der Waals surface area contributed by atoms with Gasteiger partial charge in [-0.1, -0.05) is 137 Å². The van der Waals surface area contributed by atoms with Gasteiger partial charge in [0.1, 0.15) is 0 Å². The Morgan fingerprint density at radius 1 is 0.438 bits per heavy atom. The SMILES string of the molecule is C=CC(=O)OCC(F)(F)C(F)(F)C(F)(F)C(F)(F)COC(=O)C=C.C=CC(=O)OCCCCCCc1ccc(N(C)c2ccc(Sc3ccc(N(Cc4c5ccccc5cc5ccccc45)c4ccc(CCCCCCOC(=O)C=C)cc4)cc3)cc2)cc1. The van der Waals surface area contributed by atoms with E-state index in [9.17, 15) is 54.3 Å². The Labute approximate surface area is 517 Å². The fourth-order valence-corrected chi connectivity index (χ4v) is 10.1. The molecule has 0 radical (unpaired) electrons. The predicted octanol–water partition coefficient (Wildman–Crippen LogP) is 17.9. The Bertz CT molecular complexity index is 3410. The van der Waals surface area contributed by atoms with Crippen molar-refractivity contribution in [2.24, 2.45) is 0 Å². The minimum atomic E-state index is -6.65. The second-order valence-electron chi connectivity index (χ2n) is 20.6. The zero-order chi connectivity index (χ0) is 64.6. The normalized spacial score (nSPS) is 11.6. The van der Waals surface area contributed by atoms with E-state index < -0.39 is 48.8 Å². The molecule has 7 rings (SSSR count). The van der Waals surface area contributed by atoms with Gasteiger partial charge in [-0.25, -0.2) is 19.2 Å². The molecule has 0 saturated carbocycles. The van der Waals surface area contributed by atoms with Gasteiger partial charge in [-0.2, -0.15) is 35.1 Å². The number of aryl methyl sites for hydroxylation is 2. The molecule has 10 nitrogen and oxygen atoms in total. The molecule has 7 aromatic carbocycles. The quantitative estimate of drug-likeness (QED) is 0.00979. The zero-order valence-electron chi connectivity index (χ0n) is 49.3. The smallest absolute Gasteiger partial charge is 0.381 e. The molecule has 0 atom stereocenters. The van der Waals surface area contributed by atoms with Crippen molar-refractivity contribution in [2.45, 2.75) is 104 Å². The minimum absolute atomic E-state index is 0.260.